The van der Waals surface area contributed by atoms with Crippen LogP contribution in [0.5, 0.6) is 0 Å². The van der Waals surface area contributed by atoms with E-state index in [4.69, 9.17) is 10.2 Å². The Morgan fingerprint density at radius 3 is 1.38 bits per heavy atom. The summed E-state index contributed by atoms with van der Waals surface area (Å²) in [6.45, 7) is 0. The second kappa shape index (κ2) is 5.19. The molecular weight excluding hydrogens is 189 g/mol. The molecule has 4 nitrogen and oxygen atoms in total. The van der Waals surface area contributed by atoms with Gasteiger partial charge in [0.1, 0.15) is 6.42 Å². The molecule has 0 fully saturated rings. The number of carboxylic acids is 2. The van der Waals surface area contributed by atoms with E-state index in [0.29, 0.717) is 0 Å². The Kier molecular flexibility index (Phi) is 7.08. The van der Waals surface area contributed by atoms with Crippen LogP contribution in [0, 0.1) is 0 Å². The minimum atomic E-state index is -1.31. The predicted molar refractivity (Wildman–Crippen MR) is 19.9 cm³/mol. The number of carbonyl (C=O) groups is 2. The van der Waals surface area contributed by atoms with Gasteiger partial charge in [-0.1, -0.05) is 0 Å². The Bertz CT molecular complexity index is 87.5. The normalized spacial score (nSPS) is 7.00. The molecule has 43 valence electrons. The number of aliphatic carboxylic acids is 2. The first-order valence-corrected chi connectivity index (χ1v) is 1.56. The van der Waals surface area contributed by atoms with E-state index in [1.165, 1.54) is 0 Å². The van der Waals surface area contributed by atoms with E-state index in [9.17, 15) is 9.59 Å². The van der Waals surface area contributed by atoms with E-state index in [-0.39, 0.29) is 32.7 Å². The molecule has 0 saturated heterocycles. The molecule has 0 unspecified atom stereocenters. The van der Waals surface area contributed by atoms with Crippen molar-refractivity contribution in [2.45, 2.75) is 6.42 Å². The summed E-state index contributed by atoms with van der Waals surface area (Å²) >= 11 is 0. The maximum atomic E-state index is 9.43. The molecule has 0 atom stereocenters. The van der Waals surface area contributed by atoms with E-state index in [2.05, 4.69) is 0 Å². The van der Waals surface area contributed by atoms with E-state index in [0.717, 1.165) is 0 Å². The summed E-state index contributed by atoms with van der Waals surface area (Å²) < 4.78 is 0. The largest absolute Gasteiger partial charge is 0.481 e. The molecule has 0 aliphatic rings. The average molecular weight is 193 g/mol. The standard InChI is InChI=1S/C3H4O4.Y/c4-2(5)1-3(6)7;/h1H2,(H,4,5)(H,6,7);. The quantitative estimate of drug-likeness (QED) is 0.582. The maximum absolute atomic E-state index is 9.43. The minimum absolute atomic E-state index is 0. The Morgan fingerprint density at radius 2 is 1.38 bits per heavy atom. The van der Waals surface area contributed by atoms with E-state index >= 15 is 0 Å². The molecule has 1 radical (unpaired) electrons. The summed E-state index contributed by atoms with van der Waals surface area (Å²) in [7, 11) is 0. The van der Waals surface area contributed by atoms with Crippen molar-refractivity contribution in [3.8, 4) is 0 Å². The molecule has 0 bridgehead atoms. The van der Waals surface area contributed by atoms with Crippen molar-refractivity contribution in [1.82, 2.24) is 0 Å². The molecule has 0 aliphatic carbocycles. The molecule has 0 aromatic rings. The van der Waals surface area contributed by atoms with Gasteiger partial charge in [-0.2, -0.15) is 0 Å². The third kappa shape index (κ3) is 9.40. The first-order valence-electron chi connectivity index (χ1n) is 1.56. The molecule has 0 aliphatic heterocycles. The summed E-state index contributed by atoms with van der Waals surface area (Å²) in [5.41, 5.74) is 0. The van der Waals surface area contributed by atoms with Crippen LogP contribution < -0.4 is 0 Å². The van der Waals surface area contributed by atoms with Crippen LogP contribution in [-0.4, -0.2) is 22.2 Å². The fraction of sp³-hybridized carbons (Fsp3) is 0.333. The predicted octanol–water partition coefficient (Wildman–Crippen LogP) is -0.457. The maximum Gasteiger partial charge on any atom is 0.314 e. The smallest absolute Gasteiger partial charge is 0.314 e. The third-order valence-corrected chi connectivity index (χ3v) is 0.302. The molecule has 0 rings (SSSR count). The second-order valence-corrected chi connectivity index (χ2v) is 0.964. The second-order valence-electron chi connectivity index (χ2n) is 0.964. The fourth-order valence-corrected chi connectivity index (χ4v) is 0.129. The van der Waals surface area contributed by atoms with E-state index in [1.807, 2.05) is 0 Å². The van der Waals surface area contributed by atoms with Crippen molar-refractivity contribution in [3.63, 3.8) is 0 Å². The Labute approximate surface area is 70.8 Å². The molecule has 5 heteroatoms. The van der Waals surface area contributed by atoms with Crippen molar-refractivity contribution in [2.24, 2.45) is 0 Å². The summed E-state index contributed by atoms with van der Waals surface area (Å²) in [5, 5.41) is 15.4. The zero-order valence-corrected chi connectivity index (χ0v) is 6.83. The van der Waals surface area contributed by atoms with E-state index < -0.39 is 18.4 Å². The summed E-state index contributed by atoms with van der Waals surface area (Å²) in [4.78, 5) is 18.9. The molecule has 0 aromatic carbocycles. The molecule has 8 heavy (non-hydrogen) atoms. The number of hydrogen-bond donors (Lipinski definition) is 2. The Morgan fingerprint density at radius 1 is 1.12 bits per heavy atom. The van der Waals surface area contributed by atoms with Gasteiger partial charge in [0.05, 0.1) is 0 Å². The number of carboxylic acid groups (broad SMARTS) is 2. The summed E-state index contributed by atoms with van der Waals surface area (Å²) in [5.74, 6) is -2.62. The Balaban J connectivity index is 0. The monoisotopic (exact) mass is 193 g/mol. The SMILES string of the molecule is O=C(O)CC(=O)O.[Y]. The summed E-state index contributed by atoms with van der Waals surface area (Å²) in [6.07, 6.45) is -0.806. The van der Waals surface area contributed by atoms with Crippen LogP contribution in [0.25, 0.3) is 0 Å². The van der Waals surface area contributed by atoms with Crippen LogP contribution >= 0.6 is 0 Å². The molecule has 0 spiro atoms. The van der Waals surface area contributed by atoms with E-state index in [1.54, 1.807) is 0 Å². The molecule has 0 aromatic heterocycles. The van der Waals surface area contributed by atoms with Crippen molar-refractivity contribution in [1.29, 1.82) is 0 Å². The molecular formula is C3H4O4Y. The molecule has 0 heterocycles. The van der Waals surface area contributed by atoms with Gasteiger partial charge in [0.2, 0.25) is 0 Å². The van der Waals surface area contributed by atoms with Gasteiger partial charge in [-0.15, -0.1) is 0 Å². The number of hydrogen-bond acceptors (Lipinski definition) is 2. The van der Waals surface area contributed by atoms with Crippen LogP contribution in [0.15, 0.2) is 0 Å². The van der Waals surface area contributed by atoms with Gasteiger partial charge < -0.3 is 10.2 Å². The first kappa shape index (κ1) is 10.9. The van der Waals surface area contributed by atoms with Gasteiger partial charge in [0, 0.05) is 32.7 Å². The molecule has 0 saturated carbocycles. The van der Waals surface area contributed by atoms with Gasteiger partial charge in [0.25, 0.3) is 0 Å². The van der Waals surface area contributed by atoms with Crippen molar-refractivity contribution in [2.75, 3.05) is 0 Å². The van der Waals surface area contributed by atoms with Gasteiger partial charge in [-0.3, -0.25) is 9.59 Å². The van der Waals surface area contributed by atoms with Gasteiger partial charge in [-0.05, 0) is 0 Å². The molecule has 0 amide bonds. The fourth-order valence-electron chi connectivity index (χ4n) is 0.129. The number of rotatable bonds is 2. The van der Waals surface area contributed by atoms with Crippen LogP contribution in [0.3, 0.4) is 0 Å². The van der Waals surface area contributed by atoms with Crippen LogP contribution in [0.2, 0.25) is 0 Å². The van der Waals surface area contributed by atoms with Gasteiger partial charge in [0.15, 0.2) is 0 Å². The topological polar surface area (TPSA) is 74.6 Å². The Hall–Kier alpha value is 0.0439. The first-order chi connectivity index (χ1) is 3.13. The van der Waals surface area contributed by atoms with Crippen LogP contribution in [-0.2, 0) is 42.3 Å². The average Bonchev–Trinajstić information content (AvgIpc) is 1.27. The van der Waals surface area contributed by atoms with Gasteiger partial charge in [-0.25, -0.2) is 0 Å². The van der Waals surface area contributed by atoms with Crippen molar-refractivity contribution in [3.05, 3.63) is 0 Å². The van der Waals surface area contributed by atoms with Crippen molar-refractivity contribution < 1.29 is 52.5 Å². The van der Waals surface area contributed by atoms with Crippen LogP contribution in [0.1, 0.15) is 6.42 Å². The summed E-state index contributed by atoms with van der Waals surface area (Å²) in [6, 6.07) is 0. The zero-order valence-electron chi connectivity index (χ0n) is 4.00. The van der Waals surface area contributed by atoms with Crippen molar-refractivity contribution >= 4 is 11.9 Å². The zero-order chi connectivity index (χ0) is 5.86. The minimum Gasteiger partial charge on any atom is -0.481 e. The molecule has 2 N–H and O–H groups in total. The third-order valence-electron chi connectivity index (χ3n) is 0.302. The van der Waals surface area contributed by atoms with Gasteiger partial charge >= 0.3 is 11.9 Å². The van der Waals surface area contributed by atoms with Crippen LogP contribution in [0.4, 0.5) is 0 Å².